The van der Waals surface area contributed by atoms with Gasteiger partial charge in [-0.1, -0.05) is 0 Å². The molecule has 2 fully saturated rings. The van der Waals surface area contributed by atoms with E-state index in [4.69, 9.17) is 9.47 Å². The molecule has 150 valence electrons. The summed E-state index contributed by atoms with van der Waals surface area (Å²) < 4.78 is 12.9. The third kappa shape index (κ3) is 5.45. The molecule has 1 aromatic heterocycles. The van der Waals surface area contributed by atoms with Gasteiger partial charge in [0.1, 0.15) is 11.6 Å². The van der Waals surface area contributed by atoms with E-state index in [2.05, 4.69) is 10.4 Å². The Hall–Kier alpha value is -2.09. The molecule has 8 nitrogen and oxygen atoms in total. The molecule has 0 bridgehead atoms. The molecule has 0 spiro atoms. The molecule has 3 heterocycles. The van der Waals surface area contributed by atoms with Crippen molar-refractivity contribution in [2.24, 2.45) is 0 Å². The van der Waals surface area contributed by atoms with Crippen LogP contribution >= 0.6 is 0 Å². The van der Waals surface area contributed by atoms with Gasteiger partial charge in [-0.25, -0.2) is 4.79 Å². The molecule has 0 aliphatic carbocycles. The molecule has 2 aliphatic heterocycles. The van der Waals surface area contributed by atoms with Crippen LogP contribution in [0.3, 0.4) is 0 Å². The number of aromatic nitrogens is 2. The number of nitrogens with one attached hydrogen (secondary N) is 1. The van der Waals surface area contributed by atoms with Crippen LogP contribution in [0.4, 0.5) is 10.5 Å². The van der Waals surface area contributed by atoms with Crippen LogP contribution in [-0.2, 0) is 20.8 Å². The summed E-state index contributed by atoms with van der Waals surface area (Å²) in [5.41, 5.74) is 0.0510. The Morgan fingerprint density at radius 3 is 2.81 bits per heavy atom. The largest absolute Gasteiger partial charge is 0.444 e. The van der Waals surface area contributed by atoms with Gasteiger partial charge in [-0.2, -0.15) is 5.10 Å². The standard InChI is InChI=1S/C19H30N4O4/c1-19(2,3)27-18(25)23-9-6-8-16(23)17(24)21-14-11-20-22(12-14)13-15-7-4-5-10-26-15/h11-12,15-16H,4-10,13H2,1-3H3,(H,21,24). The fraction of sp³-hybridized carbons (Fsp3) is 0.737. The average Bonchev–Trinajstić information content (AvgIpc) is 3.23. The topological polar surface area (TPSA) is 85.7 Å². The Bertz CT molecular complexity index is 661. The van der Waals surface area contributed by atoms with Crippen molar-refractivity contribution in [3.63, 3.8) is 0 Å². The van der Waals surface area contributed by atoms with Crippen LogP contribution in [-0.4, -0.2) is 57.6 Å². The van der Waals surface area contributed by atoms with E-state index < -0.39 is 17.7 Å². The predicted molar refractivity (Wildman–Crippen MR) is 100 cm³/mol. The minimum atomic E-state index is -0.580. The highest BCUT2D eigenvalue weighted by Gasteiger charge is 2.36. The highest BCUT2D eigenvalue weighted by atomic mass is 16.6. The number of carbonyl (C=O) groups excluding carboxylic acids is 2. The summed E-state index contributed by atoms with van der Waals surface area (Å²) in [4.78, 5) is 26.5. The number of hydrogen-bond donors (Lipinski definition) is 1. The van der Waals surface area contributed by atoms with Crippen LogP contribution in [0, 0.1) is 0 Å². The summed E-state index contributed by atoms with van der Waals surface area (Å²) in [5.74, 6) is -0.202. The van der Waals surface area contributed by atoms with Crippen molar-refractivity contribution >= 4 is 17.7 Å². The Balaban J connectivity index is 1.55. The van der Waals surface area contributed by atoms with E-state index >= 15 is 0 Å². The summed E-state index contributed by atoms with van der Waals surface area (Å²) >= 11 is 0. The Labute approximate surface area is 160 Å². The minimum Gasteiger partial charge on any atom is -0.444 e. The average molecular weight is 378 g/mol. The van der Waals surface area contributed by atoms with E-state index in [1.54, 1.807) is 10.9 Å². The lowest BCUT2D eigenvalue weighted by Crippen LogP contribution is -2.45. The zero-order valence-corrected chi connectivity index (χ0v) is 16.4. The first-order chi connectivity index (χ1) is 12.8. The van der Waals surface area contributed by atoms with Crippen LogP contribution < -0.4 is 5.32 Å². The first-order valence-electron chi connectivity index (χ1n) is 9.76. The Kier molecular flexibility index (Phi) is 6.04. The first kappa shape index (κ1) is 19.7. The van der Waals surface area contributed by atoms with Gasteiger partial charge in [0.25, 0.3) is 0 Å². The first-order valence-corrected chi connectivity index (χ1v) is 9.76. The van der Waals surface area contributed by atoms with Gasteiger partial charge in [0.2, 0.25) is 5.91 Å². The summed E-state index contributed by atoms with van der Waals surface area (Å²) in [6.07, 6.45) is 7.93. The van der Waals surface area contributed by atoms with Gasteiger partial charge in [-0.05, 0) is 52.9 Å². The molecule has 2 atom stereocenters. The number of anilines is 1. The van der Waals surface area contributed by atoms with Gasteiger partial charge in [-0.3, -0.25) is 14.4 Å². The zero-order chi connectivity index (χ0) is 19.4. The van der Waals surface area contributed by atoms with Crippen LogP contribution in [0.1, 0.15) is 52.9 Å². The van der Waals surface area contributed by atoms with Crippen molar-refractivity contribution in [3.8, 4) is 0 Å². The molecule has 1 aromatic rings. The molecule has 0 aromatic carbocycles. The number of hydrogen-bond acceptors (Lipinski definition) is 5. The molecule has 27 heavy (non-hydrogen) atoms. The summed E-state index contributed by atoms with van der Waals surface area (Å²) in [6, 6.07) is -0.509. The third-order valence-electron chi connectivity index (χ3n) is 4.75. The van der Waals surface area contributed by atoms with Gasteiger partial charge < -0.3 is 14.8 Å². The van der Waals surface area contributed by atoms with E-state index in [1.807, 2.05) is 27.0 Å². The van der Waals surface area contributed by atoms with Crippen molar-refractivity contribution in [1.82, 2.24) is 14.7 Å². The molecule has 8 heteroatoms. The number of amides is 2. The second-order valence-corrected chi connectivity index (χ2v) is 8.26. The van der Waals surface area contributed by atoms with E-state index in [0.29, 0.717) is 25.2 Å². The number of carbonyl (C=O) groups is 2. The zero-order valence-electron chi connectivity index (χ0n) is 16.4. The van der Waals surface area contributed by atoms with Crippen molar-refractivity contribution in [3.05, 3.63) is 12.4 Å². The van der Waals surface area contributed by atoms with Crippen molar-refractivity contribution < 1.29 is 19.1 Å². The highest BCUT2D eigenvalue weighted by molar-refractivity contribution is 5.96. The van der Waals surface area contributed by atoms with Gasteiger partial charge in [-0.15, -0.1) is 0 Å². The van der Waals surface area contributed by atoms with Crippen LogP contribution in [0.5, 0.6) is 0 Å². The Morgan fingerprint density at radius 1 is 1.30 bits per heavy atom. The lowest BCUT2D eigenvalue weighted by Gasteiger charge is -2.27. The maximum Gasteiger partial charge on any atom is 0.410 e. The predicted octanol–water partition coefficient (Wildman–Crippen LogP) is 2.79. The minimum absolute atomic E-state index is 0.180. The van der Waals surface area contributed by atoms with Crippen molar-refractivity contribution in [2.75, 3.05) is 18.5 Å². The van der Waals surface area contributed by atoms with Crippen molar-refractivity contribution in [2.45, 2.75) is 77.2 Å². The molecule has 2 amide bonds. The number of rotatable bonds is 4. The van der Waals surface area contributed by atoms with E-state index in [1.165, 1.54) is 11.3 Å². The van der Waals surface area contributed by atoms with E-state index in [9.17, 15) is 9.59 Å². The lowest BCUT2D eigenvalue weighted by molar-refractivity contribution is -0.120. The molecular weight excluding hydrogens is 348 g/mol. The smallest absolute Gasteiger partial charge is 0.410 e. The molecular formula is C19H30N4O4. The molecule has 0 saturated carbocycles. The second-order valence-electron chi connectivity index (χ2n) is 8.26. The molecule has 2 unspecified atom stereocenters. The second kappa shape index (κ2) is 8.29. The fourth-order valence-electron chi connectivity index (χ4n) is 3.49. The van der Waals surface area contributed by atoms with Gasteiger partial charge in [0.15, 0.2) is 0 Å². The van der Waals surface area contributed by atoms with Crippen LogP contribution in [0.2, 0.25) is 0 Å². The maximum atomic E-state index is 12.7. The number of ether oxygens (including phenoxy) is 2. The fourth-order valence-corrected chi connectivity index (χ4v) is 3.49. The number of likely N-dealkylation sites (tertiary alicyclic amines) is 1. The lowest BCUT2D eigenvalue weighted by atomic mass is 10.1. The number of nitrogens with zero attached hydrogens (tertiary/aromatic N) is 3. The van der Waals surface area contributed by atoms with Crippen LogP contribution in [0.15, 0.2) is 12.4 Å². The molecule has 3 rings (SSSR count). The SMILES string of the molecule is CC(C)(C)OC(=O)N1CCCC1C(=O)Nc1cnn(CC2CCCCO2)c1. The highest BCUT2D eigenvalue weighted by Crippen LogP contribution is 2.22. The van der Waals surface area contributed by atoms with Crippen molar-refractivity contribution in [1.29, 1.82) is 0 Å². The molecule has 2 saturated heterocycles. The summed E-state index contributed by atoms with van der Waals surface area (Å²) in [7, 11) is 0. The Morgan fingerprint density at radius 2 is 2.11 bits per heavy atom. The molecule has 2 aliphatic rings. The normalized spacial score (nSPS) is 23.3. The van der Waals surface area contributed by atoms with E-state index in [0.717, 1.165) is 25.9 Å². The molecule has 0 radical (unpaired) electrons. The molecule has 1 N–H and O–H groups in total. The van der Waals surface area contributed by atoms with E-state index in [-0.39, 0.29) is 12.0 Å². The summed E-state index contributed by atoms with van der Waals surface area (Å²) in [6.45, 7) is 7.48. The third-order valence-corrected chi connectivity index (χ3v) is 4.75. The van der Waals surface area contributed by atoms with Gasteiger partial charge in [0, 0.05) is 19.3 Å². The summed E-state index contributed by atoms with van der Waals surface area (Å²) in [5, 5.41) is 7.19. The van der Waals surface area contributed by atoms with Crippen LogP contribution in [0.25, 0.3) is 0 Å². The monoisotopic (exact) mass is 378 g/mol. The van der Waals surface area contributed by atoms with Gasteiger partial charge in [0.05, 0.1) is 24.5 Å². The maximum absolute atomic E-state index is 12.7. The van der Waals surface area contributed by atoms with Gasteiger partial charge >= 0.3 is 6.09 Å². The quantitative estimate of drug-likeness (QED) is 0.871.